The highest BCUT2D eigenvalue weighted by Gasteiger charge is 2.15. The van der Waals surface area contributed by atoms with Gasteiger partial charge in [0.1, 0.15) is 23.0 Å². The molecule has 0 aromatic heterocycles. The van der Waals surface area contributed by atoms with Crippen molar-refractivity contribution in [1.82, 2.24) is 0 Å². The Hall–Kier alpha value is -6.02. The van der Waals surface area contributed by atoms with Crippen LogP contribution in [0.15, 0.2) is 122 Å². The van der Waals surface area contributed by atoms with E-state index in [-0.39, 0.29) is 0 Å². The summed E-state index contributed by atoms with van der Waals surface area (Å²) >= 11 is 0. The number of benzene rings is 5. The van der Waals surface area contributed by atoms with Gasteiger partial charge in [0, 0.05) is 0 Å². The van der Waals surface area contributed by atoms with E-state index >= 15 is 0 Å². The Morgan fingerprint density at radius 3 is 1.11 bits per heavy atom. The Morgan fingerprint density at radius 1 is 0.419 bits per heavy atom. The summed E-state index contributed by atoms with van der Waals surface area (Å²) in [7, 11) is 0. The lowest BCUT2D eigenvalue weighted by atomic mass is 10.0. The average Bonchev–Trinajstić information content (AvgIpc) is 3.31. The Morgan fingerprint density at radius 2 is 0.758 bits per heavy atom. The van der Waals surface area contributed by atoms with E-state index in [9.17, 15) is 9.59 Å². The molecule has 0 saturated heterocycles. The molecule has 328 valence electrons. The smallest absolute Gasteiger partial charge is 0.338 e. The molecular weight excluding hydrogens is 777 g/mol. The molecule has 5 rings (SSSR count). The molecule has 8 heteroatoms. The summed E-state index contributed by atoms with van der Waals surface area (Å²) in [4.78, 5) is 25.6. The van der Waals surface area contributed by atoms with E-state index in [4.69, 9.17) is 28.4 Å². The van der Waals surface area contributed by atoms with Gasteiger partial charge < -0.3 is 28.4 Å². The maximum Gasteiger partial charge on any atom is 0.338 e. The van der Waals surface area contributed by atoms with Gasteiger partial charge in [-0.15, -0.1) is 0 Å². The normalized spacial score (nSPS) is 10.8. The number of unbranched alkanes of at least 4 members (excludes halogenated alkanes) is 8. The predicted molar refractivity (Wildman–Crippen MR) is 250 cm³/mol. The van der Waals surface area contributed by atoms with E-state index in [2.05, 4.69) is 69.0 Å². The minimum Gasteiger partial charge on any atom is -0.494 e. The third kappa shape index (κ3) is 16.1. The fraction of sp³-hybridized carbons (Fsp3) is 0.370. The molecule has 0 aliphatic carbocycles. The van der Waals surface area contributed by atoms with Crippen LogP contribution in [0.3, 0.4) is 0 Å². The molecule has 0 atom stereocenters. The molecule has 0 bridgehead atoms. The number of rotatable bonds is 29. The van der Waals surface area contributed by atoms with Crippen LogP contribution in [0.25, 0.3) is 28.3 Å². The second kappa shape index (κ2) is 27.0. The molecule has 0 saturated carbocycles. The highest BCUT2D eigenvalue weighted by atomic mass is 16.5. The number of hydrogen-bond donors (Lipinski definition) is 0. The van der Waals surface area contributed by atoms with E-state index in [1.807, 2.05) is 48.5 Å². The Kier molecular flexibility index (Phi) is 20.5. The van der Waals surface area contributed by atoms with Crippen molar-refractivity contribution in [3.05, 3.63) is 139 Å². The first kappa shape index (κ1) is 47.0. The lowest BCUT2D eigenvalue weighted by Crippen LogP contribution is -2.11. The summed E-state index contributed by atoms with van der Waals surface area (Å²) in [5.74, 6) is 2.63. The molecule has 0 fully saturated rings. The van der Waals surface area contributed by atoms with Gasteiger partial charge in [0.15, 0.2) is 0 Å². The molecule has 5 aromatic rings. The van der Waals surface area contributed by atoms with Crippen LogP contribution in [0, 0.1) is 0 Å². The Balaban J connectivity index is 0.887. The van der Waals surface area contributed by atoms with E-state index in [0.717, 1.165) is 136 Å². The van der Waals surface area contributed by atoms with Crippen molar-refractivity contribution >= 4 is 18.0 Å². The fourth-order valence-electron chi connectivity index (χ4n) is 6.67. The van der Waals surface area contributed by atoms with Crippen LogP contribution >= 0.6 is 0 Å². The monoisotopic (exact) mass is 840 g/mol. The van der Waals surface area contributed by atoms with Gasteiger partial charge in [0.25, 0.3) is 0 Å². The molecule has 0 heterocycles. The van der Waals surface area contributed by atoms with E-state index in [0.29, 0.717) is 43.1 Å². The van der Waals surface area contributed by atoms with Crippen LogP contribution in [-0.2, 0) is 9.47 Å². The summed E-state index contributed by atoms with van der Waals surface area (Å²) < 4.78 is 34.5. The van der Waals surface area contributed by atoms with Crippen molar-refractivity contribution in [1.29, 1.82) is 0 Å². The van der Waals surface area contributed by atoms with Gasteiger partial charge in [-0.2, -0.15) is 0 Å². The minimum absolute atomic E-state index is 0.318. The zero-order valence-electron chi connectivity index (χ0n) is 36.7. The number of hydrogen-bond acceptors (Lipinski definition) is 8. The number of carbonyl (C=O) groups excluding carboxylic acids is 2. The Bertz CT molecular complexity index is 2050. The molecule has 0 N–H and O–H groups in total. The van der Waals surface area contributed by atoms with Crippen molar-refractivity contribution in [2.45, 2.75) is 90.9 Å². The van der Waals surface area contributed by atoms with Crippen LogP contribution in [0.4, 0.5) is 0 Å². The van der Waals surface area contributed by atoms with E-state index < -0.39 is 11.9 Å². The lowest BCUT2D eigenvalue weighted by molar-refractivity contribution is 0.0482. The van der Waals surface area contributed by atoms with Gasteiger partial charge in [0.05, 0.1) is 50.8 Å². The minimum atomic E-state index is -0.432. The highest BCUT2D eigenvalue weighted by molar-refractivity contribution is 5.97. The van der Waals surface area contributed by atoms with Gasteiger partial charge in [-0.05, 0) is 159 Å². The van der Waals surface area contributed by atoms with Crippen LogP contribution < -0.4 is 18.9 Å². The lowest BCUT2D eigenvalue weighted by Gasteiger charge is -2.10. The number of ether oxygens (including phenoxy) is 6. The molecule has 0 aliphatic heterocycles. The van der Waals surface area contributed by atoms with Crippen LogP contribution in [0.2, 0.25) is 0 Å². The summed E-state index contributed by atoms with van der Waals surface area (Å²) in [6.07, 6.45) is 13.0. The molecular formula is C54H64O8. The number of carbonyl (C=O) groups is 2. The SMILES string of the molecule is C=Cc1cc(C(=O)OCCCCCCOc2ccc(-c3ccc(OCCCC)cc3)cc2)ccc1C(=O)OCCCCCCOc1ccc(-c2ccc(OCCCC)cc2)cc1. The van der Waals surface area contributed by atoms with Gasteiger partial charge in [-0.25, -0.2) is 9.59 Å². The molecule has 0 amide bonds. The molecule has 0 aliphatic rings. The molecule has 5 aromatic carbocycles. The van der Waals surface area contributed by atoms with Gasteiger partial charge in [-0.3, -0.25) is 0 Å². The summed E-state index contributed by atoms with van der Waals surface area (Å²) in [6.45, 7) is 11.5. The zero-order chi connectivity index (χ0) is 43.6. The highest BCUT2D eigenvalue weighted by Crippen LogP contribution is 2.27. The maximum atomic E-state index is 12.9. The van der Waals surface area contributed by atoms with Crippen LogP contribution in [0.5, 0.6) is 23.0 Å². The van der Waals surface area contributed by atoms with Gasteiger partial charge in [-0.1, -0.05) is 87.9 Å². The van der Waals surface area contributed by atoms with Crippen molar-refractivity contribution in [2.24, 2.45) is 0 Å². The maximum absolute atomic E-state index is 12.9. The summed E-state index contributed by atoms with van der Waals surface area (Å²) in [5, 5.41) is 0. The van der Waals surface area contributed by atoms with Crippen molar-refractivity contribution < 1.29 is 38.0 Å². The van der Waals surface area contributed by atoms with Crippen molar-refractivity contribution in [3.63, 3.8) is 0 Å². The molecule has 0 radical (unpaired) electrons. The third-order valence-electron chi connectivity index (χ3n) is 10.4. The second-order valence-electron chi connectivity index (χ2n) is 15.3. The third-order valence-corrected chi connectivity index (χ3v) is 10.4. The number of esters is 2. The van der Waals surface area contributed by atoms with Crippen LogP contribution in [-0.4, -0.2) is 51.6 Å². The predicted octanol–water partition coefficient (Wildman–Crippen LogP) is 13.6. The fourth-order valence-corrected chi connectivity index (χ4v) is 6.67. The molecule has 62 heavy (non-hydrogen) atoms. The summed E-state index contributed by atoms with van der Waals surface area (Å²) in [6, 6.07) is 37.5. The zero-order valence-corrected chi connectivity index (χ0v) is 36.7. The van der Waals surface area contributed by atoms with Gasteiger partial charge in [0.2, 0.25) is 0 Å². The summed E-state index contributed by atoms with van der Waals surface area (Å²) in [5.41, 5.74) is 5.83. The first-order chi connectivity index (χ1) is 30.5. The first-order valence-corrected chi connectivity index (χ1v) is 22.5. The van der Waals surface area contributed by atoms with Crippen molar-refractivity contribution in [2.75, 3.05) is 39.6 Å². The molecule has 8 nitrogen and oxygen atoms in total. The Labute approximate surface area is 369 Å². The van der Waals surface area contributed by atoms with Crippen LogP contribution in [0.1, 0.15) is 117 Å². The first-order valence-electron chi connectivity index (χ1n) is 22.5. The molecule has 0 spiro atoms. The standard InChI is InChI=1S/C54H64O8/c1-4-7-35-57-48-26-17-43(18-27-48)45-21-30-50(31-22-45)59-37-13-9-11-15-39-61-53(55)47-25-34-52(42(6-3)41-47)54(56)62-40-16-12-10-14-38-60-51-32-23-46(24-33-51)44-19-28-49(29-20-44)58-36-8-5-2/h6,17-34,41H,3-5,7-16,35-40H2,1-2H3. The van der Waals surface area contributed by atoms with Crippen molar-refractivity contribution in [3.8, 4) is 45.3 Å². The average molecular weight is 841 g/mol. The molecule has 0 unspecified atom stereocenters. The van der Waals surface area contributed by atoms with Gasteiger partial charge >= 0.3 is 11.9 Å². The largest absolute Gasteiger partial charge is 0.494 e. The topological polar surface area (TPSA) is 89.5 Å². The van der Waals surface area contributed by atoms with E-state index in [1.165, 1.54) is 0 Å². The second-order valence-corrected chi connectivity index (χ2v) is 15.3. The van der Waals surface area contributed by atoms with E-state index in [1.54, 1.807) is 24.3 Å². The quantitative estimate of drug-likeness (QED) is 0.0347.